The zero-order chi connectivity index (χ0) is 46.2. The molecule has 14 rings (SSSR count). The van der Waals surface area contributed by atoms with E-state index in [1.54, 1.807) is 0 Å². The van der Waals surface area contributed by atoms with E-state index in [1.807, 2.05) is 0 Å². The molecule has 3 nitrogen and oxygen atoms in total. The van der Waals surface area contributed by atoms with Crippen LogP contribution < -0.4 is 20.7 Å². The third-order valence-electron chi connectivity index (χ3n) is 14.8. The van der Waals surface area contributed by atoms with Crippen molar-refractivity contribution in [3.05, 3.63) is 273 Å². The second-order valence-corrected chi connectivity index (χ2v) is 22.2. The summed E-state index contributed by atoms with van der Waals surface area (Å²) in [5.41, 5.74) is 12.8. The van der Waals surface area contributed by atoms with Crippen LogP contribution in [-0.2, 0) is 0 Å². The van der Waals surface area contributed by atoms with E-state index in [0.29, 0.717) is 0 Å². The molecule has 70 heavy (non-hydrogen) atoms. The van der Waals surface area contributed by atoms with Gasteiger partial charge >= 0.3 is 0 Å². The van der Waals surface area contributed by atoms with Crippen LogP contribution in [0, 0.1) is 0 Å². The van der Waals surface area contributed by atoms with E-state index in [4.69, 9.17) is 0 Å². The maximum atomic E-state index is 2.50. The number of hydrogen-bond donors (Lipinski definition) is 0. The summed E-state index contributed by atoms with van der Waals surface area (Å²) in [5.74, 6) is 0. The Hall–Kier alpha value is -8.96. The molecule has 0 aliphatic rings. The Kier molecular flexibility index (Phi) is 9.23. The van der Waals surface area contributed by atoms with Gasteiger partial charge in [0.25, 0.3) is 0 Å². The van der Waals surface area contributed by atoms with Crippen LogP contribution in [0.4, 0.5) is 0 Å². The molecule has 0 saturated carbocycles. The fraction of sp³-hybridized carbons (Fsp3) is 0. The molecule has 0 bridgehead atoms. The molecule has 0 atom stereocenters. The highest BCUT2D eigenvalue weighted by atomic mass is 28.3. The SMILES string of the molecule is c1ccc([Si](c2ccccc2)(c2ccccc2)c2ccc(-c3cc(-n4c5ccccc5c5ccccc54)cc(-n4c5ccccc5c5c(-n6c7ccccc7c7ccccc76)cccc54)c3)cc2)cc1. The number of nitrogens with zero attached hydrogens (tertiary/aromatic N) is 3. The largest absolute Gasteiger partial charge is 0.309 e. The van der Waals surface area contributed by atoms with Gasteiger partial charge in [-0.15, -0.1) is 0 Å². The van der Waals surface area contributed by atoms with Crippen LogP contribution in [-0.4, -0.2) is 21.8 Å². The number of para-hydroxylation sites is 5. The molecule has 4 heteroatoms. The van der Waals surface area contributed by atoms with Crippen LogP contribution >= 0.6 is 0 Å². The third kappa shape index (κ3) is 6.00. The lowest BCUT2D eigenvalue weighted by molar-refractivity contribution is 1.13. The second-order valence-electron chi connectivity index (χ2n) is 18.4. The molecule has 0 amide bonds. The smallest absolute Gasteiger partial charge is 0.179 e. The normalized spacial score (nSPS) is 12.0. The van der Waals surface area contributed by atoms with Crippen molar-refractivity contribution in [3.63, 3.8) is 0 Å². The number of aromatic nitrogens is 3. The van der Waals surface area contributed by atoms with Crippen molar-refractivity contribution in [2.75, 3.05) is 0 Å². The van der Waals surface area contributed by atoms with Gasteiger partial charge in [0, 0.05) is 43.7 Å². The third-order valence-corrected chi connectivity index (χ3v) is 19.6. The summed E-state index contributed by atoms with van der Waals surface area (Å²) in [6.07, 6.45) is 0. The van der Waals surface area contributed by atoms with Crippen molar-refractivity contribution >= 4 is 94.2 Å². The van der Waals surface area contributed by atoms with E-state index in [0.717, 1.165) is 33.5 Å². The minimum Gasteiger partial charge on any atom is -0.309 e. The topological polar surface area (TPSA) is 14.8 Å². The van der Waals surface area contributed by atoms with Gasteiger partial charge in [0.15, 0.2) is 8.07 Å². The highest BCUT2D eigenvalue weighted by molar-refractivity contribution is 7.19. The summed E-state index contributed by atoms with van der Waals surface area (Å²) in [4.78, 5) is 0. The molecule has 0 radical (unpaired) electrons. The van der Waals surface area contributed by atoms with Gasteiger partial charge in [-0.25, -0.2) is 0 Å². The average molecular weight is 908 g/mol. The molecule has 0 N–H and O–H groups in total. The highest BCUT2D eigenvalue weighted by Gasteiger charge is 2.41. The fourth-order valence-corrected chi connectivity index (χ4v) is 16.6. The first-order valence-corrected chi connectivity index (χ1v) is 26.2. The van der Waals surface area contributed by atoms with E-state index in [2.05, 4.69) is 287 Å². The molecule has 0 unspecified atom stereocenters. The maximum absolute atomic E-state index is 2.73. The Morgan fingerprint density at radius 1 is 0.229 bits per heavy atom. The van der Waals surface area contributed by atoms with Crippen molar-refractivity contribution in [2.45, 2.75) is 0 Å². The number of fused-ring (bicyclic) bond motifs is 9. The van der Waals surface area contributed by atoms with Gasteiger partial charge < -0.3 is 13.7 Å². The monoisotopic (exact) mass is 907 g/mol. The first-order valence-electron chi connectivity index (χ1n) is 24.2. The van der Waals surface area contributed by atoms with Crippen molar-refractivity contribution < 1.29 is 0 Å². The molecule has 0 spiro atoms. The Morgan fingerprint density at radius 3 is 1.03 bits per heavy atom. The molecular formula is C66H45N3Si. The molecule has 14 aromatic rings. The van der Waals surface area contributed by atoms with E-state index >= 15 is 0 Å². The Labute approximate surface area is 407 Å². The van der Waals surface area contributed by atoms with Crippen molar-refractivity contribution in [3.8, 4) is 28.2 Å². The number of benzene rings is 11. The molecule has 11 aromatic carbocycles. The number of rotatable bonds is 8. The molecule has 3 heterocycles. The predicted octanol–water partition coefficient (Wildman–Crippen LogP) is 14.0. The van der Waals surface area contributed by atoms with Crippen molar-refractivity contribution in [2.24, 2.45) is 0 Å². The minimum absolute atomic E-state index is 1.10. The van der Waals surface area contributed by atoms with Gasteiger partial charge in [-0.1, -0.05) is 212 Å². The first kappa shape index (κ1) is 40.1. The minimum atomic E-state index is -2.73. The Bertz CT molecular complexity index is 4070. The quantitative estimate of drug-likeness (QED) is 0.107. The predicted molar refractivity (Wildman–Crippen MR) is 299 cm³/mol. The zero-order valence-corrected chi connectivity index (χ0v) is 39.3. The molecule has 0 aliphatic heterocycles. The molecule has 0 fully saturated rings. The zero-order valence-electron chi connectivity index (χ0n) is 38.3. The van der Waals surface area contributed by atoms with E-state index in [1.165, 1.54) is 80.8 Å². The van der Waals surface area contributed by atoms with Crippen molar-refractivity contribution in [1.82, 2.24) is 13.7 Å². The van der Waals surface area contributed by atoms with E-state index in [-0.39, 0.29) is 0 Å². The maximum Gasteiger partial charge on any atom is 0.179 e. The van der Waals surface area contributed by atoms with E-state index in [9.17, 15) is 0 Å². The van der Waals surface area contributed by atoms with Crippen LogP contribution in [0.3, 0.4) is 0 Å². The van der Waals surface area contributed by atoms with Crippen molar-refractivity contribution in [1.29, 1.82) is 0 Å². The summed E-state index contributed by atoms with van der Waals surface area (Å²) >= 11 is 0. The standard InChI is InChI=1S/C66H45N3Si/c1-4-21-50(22-5-1)70(51-23-6-2-7-24-51,52-25-8-3-9-26-52)53-41-39-46(40-42-53)47-43-48(67-59-32-15-10-27-54(59)55-28-11-16-33-60(55)67)45-49(44-47)68-63-36-19-14-31-58(63)66-64(68)37-20-38-65(66)69-61-34-17-12-29-56(61)57-30-13-18-35-62(57)69/h1-45H. The molecular weight excluding hydrogens is 863 g/mol. The Morgan fingerprint density at radius 2 is 0.571 bits per heavy atom. The van der Waals surface area contributed by atoms with Gasteiger partial charge in [-0.3, -0.25) is 0 Å². The lowest BCUT2D eigenvalue weighted by Crippen LogP contribution is -2.74. The summed E-state index contributed by atoms with van der Waals surface area (Å²) < 4.78 is 7.42. The first-order chi connectivity index (χ1) is 34.8. The van der Waals surface area contributed by atoms with Gasteiger partial charge in [-0.05, 0) is 92.5 Å². The average Bonchev–Trinajstić information content (AvgIpc) is 4.08. The van der Waals surface area contributed by atoms with Crippen LogP contribution in [0.1, 0.15) is 0 Å². The lowest BCUT2D eigenvalue weighted by atomic mass is 10.0. The van der Waals surface area contributed by atoms with Gasteiger partial charge in [0.1, 0.15) is 0 Å². The highest BCUT2D eigenvalue weighted by Crippen LogP contribution is 2.42. The summed E-state index contributed by atoms with van der Waals surface area (Å²) in [6.45, 7) is 0. The van der Waals surface area contributed by atoms with E-state index < -0.39 is 8.07 Å². The molecule has 3 aromatic heterocycles. The van der Waals surface area contributed by atoms with Crippen LogP contribution in [0.5, 0.6) is 0 Å². The summed E-state index contributed by atoms with van der Waals surface area (Å²) in [7, 11) is -2.73. The summed E-state index contributed by atoms with van der Waals surface area (Å²) in [6, 6.07) is 101. The molecule has 0 saturated heterocycles. The Balaban J connectivity index is 1.03. The van der Waals surface area contributed by atoms with Crippen LogP contribution in [0.2, 0.25) is 0 Å². The van der Waals surface area contributed by atoms with Gasteiger partial charge in [0.2, 0.25) is 0 Å². The lowest BCUT2D eigenvalue weighted by Gasteiger charge is -2.34. The van der Waals surface area contributed by atoms with Gasteiger partial charge in [-0.2, -0.15) is 0 Å². The fourth-order valence-electron chi connectivity index (χ4n) is 11.8. The summed E-state index contributed by atoms with van der Waals surface area (Å²) in [5, 5.41) is 12.9. The van der Waals surface area contributed by atoms with Crippen LogP contribution in [0.15, 0.2) is 273 Å². The number of hydrogen-bond acceptors (Lipinski definition) is 0. The second kappa shape index (κ2) is 16.1. The molecule has 328 valence electrons. The van der Waals surface area contributed by atoms with Gasteiger partial charge in [0.05, 0.1) is 38.8 Å². The van der Waals surface area contributed by atoms with Crippen LogP contribution in [0.25, 0.3) is 93.6 Å². The molecule has 0 aliphatic carbocycles.